The van der Waals surface area contributed by atoms with E-state index < -0.39 is 95.2 Å². The highest BCUT2D eigenvalue weighted by atomic mass is 16.6. The normalized spacial score (nSPS) is 21.7. The summed E-state index contributed by atoms with van der Waals surface area (Å²) in [6, 6.07) is 26.8. The number of methoxy groups -OCH3 is 5. The number of imide groups is 1. The Morgan fingerprint density at radius 2 is 1.35 bits per heavy atom. The van der Waals surface area contributed by atoms with Gasteiger partial charge in [0.05, 0.1) is 59.2 Å². The minimum absolute atomic E-state index is 0.0129. The number of benzene rings is 5. The molecule has 0 saturated carbocycles. The first-order valence-electron chi connectivity index (χ1n) is 25.0. The van der Waals surface area contributed by atoms with Gasteiger partial charge in [0.2, 0.25) is 11.8 Å². The Kier molecular flexibility index (Phi) is 15.1. The first-order valence-corrected chi connectivity index (χ1v) is 25.0. The van der Waals surface area contributed by atoms with Crippen molar-refractivity contribution < 1.29 is 67.1 Å². The molecule has 0 aromatic heterocycles. The highest BCUT2D eigenvalue weighted by Crippen LogP contribution is 2.66. The summed E-state index contributed by atoms with van der Waals surface area (Å²) >= 11 is 0. The van der Waals surface area contributed by atoms with E-state index in [1.807, 2.05) is 71.6 Å². The number of phenols is 1. The van der Waals surface area contributed by atoms with Crippen LogP contribution < -0.4 is 19.7 Å². The van der Waals surface area contributed by atoms with E-state index in [1.165, 1.54) is 45.6 Å². The second-order valence-corrected chi connectivity index (χ2v) is 19.5. The summed E-state index contributed by atoms with van der Waals surface area (Å²) in [6.07, 6.45) is -0.996. The Bertz CT molecular complexity index is 3180. The summed E-state index contributed by atoms with van der Waals surface area (Å²) in [5.74, 6) is -1.72. The third-order valence-electron chi connectivity index (χ3n) is 15.1. The highest BCUT2D eigenvalue weighted by Gasteiger charge is 2.76. The third kappa shape index (κ3) is 9.34. The number of carbonyl (C=O) groups is 7. The van der Waals surface area contributed by atoms with Crippen molar-refractivity contribution in [3.8, 4) is 29.1 Å². The van der Waals surface area contributed by atoms with Crippen LogP contribution in [0.4, 0.5) is 10.5 Å². The van der Waals surface area contributed by atoms with Crippen LogP contribution in [0.1, 0.15) is 77.4 Å². The number of aromatic hydroxyl groups is 1. The number of carbonyl (C=O) groups excluding carboxylic acids is 7. The van der Waals surface area contributed by atoms with Crippen LogP contribution in [0.5, 0.6) is 17.2 Å². The van der Waals surface area contributed by atoms with E-state index in [-0.39, 0.29) is 42.1 Å². The van der Waals surface area contributed by atoms with Gasteiger partial charge in [0.25, 0.3) is 0 Å². The number of amides is 4. The molecule has 0 aliphatic carbocycles. The quantitative estimate of drug-likeness (QED) is 0.0609. The maximum Gasteiger partial charge on any atom is 0.329 e. The van der Waals surface area contributed by atoms with Crippen molar-refractivity contribution in [2.45, 2.75) is 68.9 Å². The molecule has 5 aromatic carbocycles. The number of nitrogens with one attached hydrogen (secondary N) is 1. The van der Waals surface area contributed by atoms with Crippen LogP contribution >= 0.6 is 0 Å². The number of fused-ring (bicyclic) bond motifs is 4. The molecule has 0 radical (unpaired) electrons. The number of phenolic OH excluding ortho intramolecular Hbond substituents is 1. The van der Waals surface area contributed by atoms with Crippen molar-refractivity contribution in [3.05, 3.63) is 154 Å². The van der Waals surface area contributed by atoms with E-state index in [4.69, 9.17) is 28.4 Å². The first kappa shape index (κ1) is 53.1. The molecule has 4 aliphatic heterocycles. The summed E-state index contributed by atoms with van der Waals surface area (Å²) in [6.45, 7) is 3.56. The molecule has 2 fully saturated rings. The minimum Gasteiger partial charge on any atom is -0.508 e. The number of anilines is 1. The van der Waals surface area contributed by atoms with Crippen molar-refractivity contribution in [3.63, 3.8) is 0 Å². The van der Waals surface area contributed by atoms with Gasteiger partial charge >= 0.3 is 29.9 Å². The summed E-state index contributed by atoms with van der Waals surface area (Å²) in [5.41, 5.74) is 1.43. The molecule has 0 bridgehead atoms. The lowest BCUT2D eigenvalue weighted by Gasteiger charge is -2.46. The largest absolute Gasteiger partial charge is 0.508 e. The van der Waals surface area contributed by atoms with Gasteiger partial charge in [-0.1, -0.05) is 98.5 Å². The van der Waals surface area contributed by atoms with E-state index in [9.17, 15) is 19.5 Å². The molecular formula is C59H58N4O14. The molecule has 7 atom stereocenters. The van der Waals surface area contributed by atoms with Gasteiger partial charge < -0.3 is 43.7 Å². The predicted molar refractivity (Wildman–Crippen MR) is 277 cm³/mol. The van der Waals surface area contributed by atoms with Gasteiger partial charge in [-0.15, -0.1) is 0 Å². The molecule has 5 aromatic rings. The van der Waals surface area contributed by atoms with Crippen LogP contribution in [0.3, 0.4) is 0 Å². The maximum atomic E-state index is 16.9. The zero-order valence-corrected chi connectivity index (χ0v) is 43.5. The lowest BCUT2D eigenvalue weighted by atomic mass is 9.64. The van der Waals surface area contributed by atoms with Gasteiger partial charge in [0.1, 0.15) is 29.4 Å². The van der Waals surface area contributed by atoms with Crippen molar-refractivity contribution >= 4 is 47.4 Å². The summed E-state index contributed by atoms with van der Waals surface area (Å²) < 4.78 is 32.8. The van der Waals surface area contributed by atoms with Gasteiger partial charge in [-0.05, 0) is 88.2 Å². The molecule has 2 saturated heterocycles. The first-order chi connectivity index (χ1) is 37.1. The molecule has 4 amide bonds. The summed E-state index contributed by atoms with van der Waals surface area (Å²) in [7, 11) is 6.48. The predicted octanol–water partition coefficient (Wildman–Crippen LogP) is 6.27. The lowest BCUT2D eigenvalue weighted by molar-refractivity contribution is -0.179. The smallest absolute Gasteiger partial charge is 0.329 e. The SMILES string of the molecule is COC(=O)C(CC#Cc1ccc2c(c1)C1(C(=O)N2C(=O)NC(C(=O)OC)C(C)C)C(C(=O)N2CCc3cc(OC)c(OC)cc3C2)C2C(=O)OC(c3ccccc3)C(c3ccccc3)N2C1c1ccc(O)cc1)C(=O)OC. The van der Waals surface area contributed by atoms with Crippen LogP contribution in [-0.4, -0.2) is 111 Å². The second-order valence-electron chi connectivity index (χ2n) is 19.5. The van der Waals surface area contributed by atoms with Gasteiger partial charge in [-0.2, -0.15) is 0 Å². The lowest BCUT2D eigenvalue weighted by Crippen LogP contribution is -2.58. The van der Waals surface area contributed by atoms with E-state index in [1.54, 1.807) is 43.0 Å². The van der Waals surface area contributed by atoms with Gasteiger partial charge in [0.15, 0.2) is 17.4 Å². The summed E-state index contributed by atoms with van der Waals surface area (Å²) in [4.78, 5) is 108. The molecule has 7 unspecified atom stereocenters. The van der Waals surface area contributed by atoms with Crippen LogP contribution in [0.15, 0.2) is 115 Å². The van der Waals surface area contributed by atoms with Gasteiger partial charge in [0, 0.05) is 25.1 Å². The number of cyclic esters (lactones) is 1. The van der Waals surface area contributed by atoms with Gasteiger partial charge in [-0.3, -0.25) is 28.9 Å². The fourth-order valence-corrected chi connectivity index (χ4v) is 11.5. The molecule has 4 aliphatic rings. The monoisotopic (exact) mass is 1050 g/mol. The highest BCUT2D eigenvalue weighted by molar-refractivity contribution is 6.25. The zero-order valence-electron chi connectivity index (χ0n) is 43.5. The van der Waals surface area contributed by atoms with Crippen molar-refractivity contribution in [1.29, 1.82) is 0 Å². The molecule has 9 rings (SSSR count). The van der Waals surface area contributed by atoms with E-state index in [0.29, 0.717) is 34.6 Å². The standard InChI is InChI=1S/C59H58N4O14/c1-33(2)47(55(68)76-7)60-58(71)62-43-26-21-34(15-14-20-41(53(66)74-5)54(67)75-6)29-42(43)59(57(62)70)46(52(65)61-28-27-38-30-44(72-3)45(73-4)31-39(38)32-61)49-56(69)77-50(36-18-12-9-13-19-36)48(35-16-10-8-11-17-35)63(49)51(59)37-22-24-40(64)25-23-37/h8-13,16-19,21-26,29-31,33,41,46-51,64H,20,27-28,32H2,1-7H3,(H,60,71). The number of nitrogens with zero attached hydrogens (tertiary/aromatic N) is 3. The molecule has 18 heteroatoms. The Labute approximate surface area is 445 Å². The molecule has 4 heterocycles. The zero-order chi connectivity index (χ0) is 54.9. The van der Waals surface area contributed by atoms with E-state index in [0.717, 1.165) is 30.2 Å². The Hall–Kier alpha value is -8.69. The van der Waals surface area contributed by atoms with Crippen LogP contribution in [0.2, 0.25) is 0 Å². The molecule has 77 heavy (non-hydrogen) atoms. The average Bonchev–Trinajstić information content (AvgIpc) is 4.03. The summed E-state index contributed by atoms with van der Waals surface area (Å²) in [5, 5.41) is 13.6. The minimum atomic E-state index is -2.24. The number of esters is 4. The number of ether oxygens (including phenoxy) is 6. The second kappa shape index (κ2) is 21.9. The van der Waals surface area contributed by atoms with Gasteiger partial charge in [-0.25, -0.2) is 14.5 Å². The number of urea groups is 1. The Balaban J connectivity index is 1.35. The number of morpholine rings is 1. The number of rotatable bonds is 12. The topological polar surface area (TPSA) is 217 Å². The van der Waals surface area contributed by atoms with Crippen molar-refractivity contribution in [2.75, 3.05) is 47.0 Å². The maximum absolute atomic E-state index is 16.9. The van der Waals surface area contributed by atoms with Crippen LogP contribution in [-0.2, 0) is 66.1 Å². The third-order valence-corrected chi connectivity index (χ3v) is 15.1. The number of hydrogen-bond donors (Lipinski definition) is 2. The Morgan fingerprint density at radius 1 is 0.740 bits per heavy atom. The fourth-order valence-electron chi connectivity index (χ4n) is 11.5. The molecule has 18 nitrogen and oxygen atoms in total. The molecule has 2 N–H and O–H groups in total. The van der Waals surface area contributed by atoms with Crippen LogP contribution in [0.25, 0.3) is 0 Å². The van der Waals surface area contributed by atoms with E-state index >= 15 is 19.2 Å². The molecule has 398 valence electrons. The van der Waals surface area contributed by atoms with Crippen LogP contribution in [0, 0.1) is 29.6 Å². The Morgan fingerprint density at radius 3 is 1.95 bits per heavy atom. The van der Waals surface area contributed by atoms with E-state index in [2.05, 4.69) is 17.2 Å². The molecule has 1 spiro atoms. The fraction of sp³-hybridized carbons (Fsp3) is 0.339. The average molecular weight is 1050 g/mol. The van der Waals surface area contributed by atoms with Crippen molar-refractivity contribution in [1.82, 2.24) is 15.1 Å². The molecular weight excluding hydrogens is 989 g/mol. The number of hydrogen-bond acceptors (Lipinski definition) is 15. The van der Waals surface area contributed by atoms with Crippen molar-refractivity contribution in [2.24, 2.45) is 17.8 Å².